The van der Waals surface area contributed by atoms with Gasteiger partial charge in [-0.3, -0.25) is 0 Å². The van der Waals surface area contributed by atoms with E-state index in [1.807, 2.05) is 19.9 Å². The molecule has 0 saturated heterocycles. The number of aryl methyl sites for hydroxylation is 2. The molecule has 0 N–H and O–H groups in total. The lowest BCUT2D eigenvalue weighted by atomic mass is 10.1. The Kier molecular flexibility index (Phi) is 4.17. The summed E-state index contributed by atoms with van der Waals surface area (Å²) in [4.78, 5) is 15.9. The minimum absolute atomic E-state index is 0.124. The number of aromatic nitrogens is 1. The topological polar surface area (TPSA) is 39.2 Å². The smallest absolute Gasteiger partial charge is 0.338 e. The van der Waals surface area contributed by atoms with Crippen molar-refractivity contribution in [2.75, 3.05) is 0 Å². The van der Waals surface area contributed by atoms with Gasteiger partial charge in [-0.15, -0.1) is 0 Å². The van der Waals surface area contributed by atoms with Crippen LogP contribution in [0.15, 0.2) is 36.5 Å². The van der Waals surface area contributed by atoms with E-state index < -0.39 is 0 Å². The molecule has 0 aliphatic rings. The lowest BCUT2D eigenvalue weighted by Crippen LogP contribution is -2.06. The molecule has 1 aromatic heterocycles. The Hall–Kier alpha value is -1.87. The van der Waals surface area contributed by atoms with Crippen molar-refractivity contribution in [2.24, 2.45) is 0 Å². The van der Waals surface area contributed by atoms with Crippen LogP contribution in [0.4, 0.5) is 0 Å². The zero-order valence-electron chi connectivity index (χ0n) is 10.8. The van der Waals surface area contributed by atoms with Crippen molar-refractivity contribution in [1.82, 2.24) is 4.98 Å². The van der Waals surface area contributed by atoms with Gasteiger partial charge in [-0.1, -0.05) is 34.9 Å². The lowest BCUT2D eigenvalue weighted by Gasteiger charge is -2.07. The fourth-order valence-electron chi connectivity index (χ4n) is 1.85. The molecule has 0 aliphatic carbocycles. The second-order valence-corrected chi connectivity index (χ2v) is 4.76. The van der Waals surface area contributed by atoms with E-state index in [2.05, 4.69) is 4.98 Å². The monoisotopic (exact) mass is 275 g/mol. The van der Waals surface area contributed by atoms with Gasteiger partial charge in [0.1, 0.15) is 11.8 Å². The highest BCUT2D eigenvalue weighted by atomic mass is 35.5. The summed E-state index contributed by atoms with van der Waals surface area (Å²) in [5, 5.41) is 0.357. The fraction of sp³-hybridized carbons (Fsp3) is 0.200. The van der Waals surface area contributed by atoms with Crippen molar-refractivity contribution >= 4 is 17.6 Å². The number of pyridine rings is 1. The Balaban J connectivity index is 2.08. The highest BCUT2D eigenvalue weighted by Gasteiger charge is 2.10. The number of nitrogens with zero attached hydrogens (tertiary/aromatic N) is 1. The molecule has 3 nitrogen and oxygen atoms in total. The summed E-state index contributed by atoms with van der Waals surface area (Å²) >= 11 is 5.90. The van der Waals surface area contributed by atoms with E-state index >= 15 is 0 Å². The van der Waals surface area contributed by atoms with E-state index in [9.17, 15) is 4.79 Å². The van der Waals surface area contributed by atoms with E-state index in [1.54, 1.807) is 30.5 Å². The molecule has 4 heteroatoms. The average molecular weight is 276 g/mol. The van der Waals surface area contributed by atoms with Crippen molar-refractivity contribution in [3.8, 4) is 0 Å². The summed E-state index contributed by atoms with van der Waals surface area (Å²) in [6, 6.07) is 9.16. The highest BCUT2D eigenvalue weighted by Crippen LogP contribution is 2.15. The van der Waals surface area contributed by atoms with Gasteiger partial charge in [-0.2, -0.15) is 0 Å². The molecule has 2 rings (SSSR count). The molecule has 0 amide bonds. The molecule has 0 fully saturated rings. The second-order valence-electron chi connectivity index (χ2n) is 4.41. The summed E-state index contributed by atoms with van der Waals surface area (Å²) in [5.74, 6) is -0.355. The van der Waals surface area contributed by atoms with Crippen LogP contribution in [-0.4, -0.2) is 11.0 Å². The number of hydrogen-bond donors (Lipinski definition) is 0. The van der Waals surface area contributed by atoms with E-state index in [1.165, 1.54) is 0 Å². The van der Waals surface area contributed by atoms with Crippen LogP contribution < -0.4 is 0 Å². The Morgan fingerprint density at radius 3 is 2.58 bits per heavy atom. The van der Waals surface area contributed by atoms with Crippen molar-refractivity contribution in [1.29, 1.82) is 0 Å². The Morgan fingerprint density at radius 1 is 1.26 bits per heavy atom. The van der Waals surface area contributed by atoms with Gasteiger partial charge >= 0.3 is 5.97 Å². The van der Waals surface area contributed by atoms with Crippen LogP contribution in [-0.2, 0) is 11.3 Å². The van der Waals surface area contributed by atoms with Gasteiger partial charge in [0.05, 0.1) is 5.56 Å². The third-order valence-corrected chi connectivity index (χ3v) is 2.99. The quantitative estimate of drug-likeness (QED) is 0.633. The largest absolute Gasteiger partial charge is 0.457 e. The molecule has 98 valence electrons. The van der Waals surface area contributed by atoms with Gasteiger partial charge in [0.25, 0.3) is 0 Å². The molecule has 0 bridgehead atoms. The normalized spacial score (nSPS) is 10.3. The summed E-state index contributed by atoms with van der Waals surface area (Å²) in [6.07, 6.45) is 1.59. The Bertz CT molecular complexity index is 591. The summed E-state index contributed by atoms with van der Waals surface area (Å²) in [5.41, 5.74) is 3.32. The molecule has 0 aliphatic heterocycles. The third-order valence-electron chi connectivity index (χ3n) is 2.65. The molecule has 1 heterocycles. The number of carbonyl (C=O) groups excluding carboxylic acids is 1. The van der Waals surface area contributed by atoms with Gasteiger partial charge in [-0.25, -0.2) is 9.78 Å². The van der Waals surface area contributed by atoms with Crippen molar-refractivity contribution in [3.05, 3.63) is 63.9 Å². The molecule has 0 atom stereocenters. The number of hydrogen-bond acceptors (Lipinski definition) is 3. The molecule has 0 spiro atoms. The van der Waals surface area contributed by atoms with E-state index in [0.717, 1.165) is 11.1 Å². The molecule has 2 aromatic rings. The summed E-state index contributed by atoms with van der Waals surface area (Å²) in [6.45, 7) is 4.02. The highest BCUT2D eigenvalue weighted by molar-refractivity contribution is 6.30. The van der Waals surface area contributed by atoms with Gasteiger partial charge in [0.2, 0.25) is 0 Å². The molecule has 19 heavy (non-hydrogen) atoms. The average Bonchev–Trinajstić information content (AvgIpc) is 2.36. The molecule has 1 aromatic carbocycles. The molecular weight excluding hydrogens is 262 g/mol. The van der Waals surface area contributed by atoms with Crippen molar-refractivity contribution < 1.29 is 9.53 Å². The van der Waals surface area contributed by atoms with Crippen LogP contribution in [0.1, 0.15) is 27.0 Å². The maximum atomic E-state index is 11.9. The van der Waals surface area contributed by atoms with Crippen molar-refractivity contribution in [3.63, 3.8) is 0 Å². The molecular formula is C15H14ClNO2. The first-order valence-corrected chi connectivity index (χ1v) is 6.29. The first-order chi connectivity index (χ1) is 9.06. The third kappa shape index (κ3) is 3.55. The van der Waals surface area contributed by atoms with E-state index in [-0.39, 0.29) is 12.6 Å². The SMILES string of the molecule is Cc1cc(C)cc(C(=O)OCc2cccnc2Cl)c1. The number of halogens is 1. The summed E-state index contributed by atoms with van der Waals surface area (Å²) < 4.78 is 5.24. The first kappa shape index (κ1) is 13.6. The van der Waals surface area contributed by atoms with Crippen LogP contribution >= 0.6 is 11.6 Å². The minimum Gasteiger partial charge on any atom is -0.457 e. The lowest BCUT2D eigenvalue weighted by molar-refractivity contribution is 0.0472. The zero-order valence-corrected chi connectivity index (χ0v) is 11.6. The first-order valence-electron chi connectivity index (χ1n) is 5.91. The van der Waals surface area contributed by atoms with Gasteiger partial charge in [0, 0.05) is 11.8 Å². The van der Waals surface area contributed by atoms with E-state index in [4.69, 9.17) is 16.3 Å². The molecule has 0 radical (unpaired) electrons. The van der Waals surface area contributed by atoms with Crippen molar-refractivity contribution in [2.45, 2.75) is 20.5 Å². The van der Waals surface area contributed by atoms with Gasteiger partial charge < -0.3 is 4.74 Å². The van der Waals surface area contributed by atoms with Gasteiger partial charge in [0.15, 0.2) is 0 Å². The minimum atomic E-state index is -0.355. The van der Waals surface area contributed by atoms with Crippen LogP contribution in [0.3, 0.4) is 0 Å². The zero-order chi connectivity index (χ0) is 13.8. The number of benzene rings is 1. The molecule has 0 unspecified atom stereocenters. The Morgan fingerprint density at radius 2 is 1.95 bits per heavy atom. The van der Waals surface area contributed by atoms with Crippen LogP contribution in [0.2, 0.25) is 5.15 Å². The Labute approximate surface area is 117 Å². The second kappa shape index (κ2) is 5.85. The number of carbonyl (C=O) groups is 1. The number of esters is 1. The maximum absolute atomic E-state index is 11.9. The van der Waals surface area contributed by atoms with Crippen LogP contribution in [0, 0.1) is 13.8 Å². The van der Waals surface area contributed by atoms with Crippen LogP contribution in [0.5, 0.6) is 0 Å². The standard InChI is InChI=1S/C15H14ClNO2/c1-10-6-11(2)8-13(7-10)15(18)19-9-12-4-3-5-17-14(12)16/h3-8H,9H2,1-2H3. The van der Waals surface area contributed by atoms with E-state index in [0.29, 0.717) is 16.3 Å². The maximum Gasteiger partial charge on any atom is 0.338 e. The van der Waals surface area contributed by atoms with Crippen LogP contribution in [0.25, 0.3) is 0 Å². The number of rotatable bonds is 3. The predicted octanol–water partition coefficient (Wildman–Crippen LogP) is 3.71. The fourth-order valence-corrected chi connectivity index (χ4v) is 2.02. The predicted molar refractivity (Wildman–Crippen MR) is 74.3 cm³/mol. The van der Waals surface area contributed by atoms with Gasteiger partial charge in [-0.05, 0) is 32.0 Å². The number of ether oxygens (including phenoxy) is 1. The summed E-state index contributed by atoms with van der Waals surface area (Å²) in [7, 11) is 0. The molecule has 0 saturated carbocycles.